The Morgan fingerprint density at radius 2 is 1.67 bits per heavy atom. The van der Waals surface area contributed by atoms with E-state index in [-0.39, 0.29) is 0 Å². The highest BCUT2D eigenvalue weighted by molar-refractivity contribution is 5.82. The summed E-state index contributed by atoms with van der Waals surface area (Å²) in [6, 6.07) is 15.8. The van der Waals surface area contributed by atoms with Crippen LogP contribution in [-0.2, 0) is 6.54 Å². The van der Waals surface area contributed by atoms with Gasteiger partial charge in [-0.25, -0.2) is 0 Å². The second kappa shape index (κ2) is 6.01. The molecule has 2 aromatic rings. The molecule has 1 atom stereocenters. The molecule has 0 bridgehead atoms. The fraction of sp³-hybridized carbons (Fsp3) is 0.412. The normalized spacial score (nSPS) is 13.1. The van der Waals surface area contributed by atoms with E-state index < -0.39 is 0 Å². The number of nitrogens with one attached hydrogen (secondary N) is 1. The molecule has 1 N–H and O–H groups in total. The Hall–Kier alpha value is -1.34. The van der Waals surface area contributed by atoms with Crippen LogP contribution >= 0.6 is 0 Å². The summed E-state index contributed by atoms with van der Waals surface area (Å²) in [5.41, 5.74) is 1.37. The van der Waals surface area contributed by atoms with Gasteiger partial charge in [-0.05, 0) is 41.7 Å². The molecule has 0 saturated carbocycles. The minimum Gasteiger partial charge on any atom is -0.310 e. The zero-order chi connectivity index (χ0) is 13.0. The molecule has 0 radical (unpaired) electrons. The maximum atomic E-state index is 3.59. The molecule has 1 heteroatoms. The van der Waals surface area contributed by atoms with Crippen LogP contribution in [0.5, 0.6) is 0 Å². The van der Waals surface area contributed by atoms with E-state index in [1.54, 1.807) is 0 Å². The second-order valence-corrected chi connectivity index (χ2v) is 5.59. The lowest BCUT2D eigenvalue weighted by molar-refractivity contribution is 0.441. The summed E-state index contributed by atoms with van der Waals surface area (Å²) in [5, 5.41) is 6.24. The number of rotatable bonds is 5. The van der Waals surface area contributed by atoms with Gasteiger partial charge in [0.1, 0.15) is 0 Å². The minimum atomic E-state index is 0.580. The molecule has 0 aliphatic carbocycles. The van der Waals surface area contributed by atoms with E-state index in [1.807, 2.05) is 0 Å². The third-order valence-electron chi connectivity index (χ3n) is 3.29. The molecule has 0 saturated heterocycles. The molecule has 1 nitrogen and oxygen atoms in total. The molecule has 2 aromatic carbocycles. The van der Waals surface area contributed by atoms with E-state index in [1.165, 1.54) is 22.8 Å². The van der Waals surface area contributed by atoms with Crippen molar-refractivity contribution >= 4 is 10.8 Å². The zero-order valence-corrected chi connectivity index (χ0v) is 11.6. The summed E-state index contributed by atoms with van der Waals surface area (Å²) < 4.78 is 0. The molecule has 0 amide bonds. The van der Waals surface area contributed by atoms with E-state index in [9.17, 15) is 0 Å². The van der Waals surface area contributed by atoms with Gasteiger partial charge < -0.3 is 5.32 Å². The van der Waals surface area contributed by atoms with Crippen LogP contribution in [0.4, 0.5) is 0 Å². The fourth-order valence-corrected chi connectivity index (χ4v) is 2.43. The summed E-state index contributed by atoms with van der Waals surface area (Å²) >= 11 is 0. The standard InChI is InChI=1S/C17H23N/c1-13(2)10-14(3)18-12-15-8-9-16-6-4-5-7-17(16)11-15/h4-9,11,13-14,18H,10,12H2,1-3H3. The summed E-state index contributed by atoms with van der Waals surface area (Å²) in [6.45, 7) is 7.77. The van der Waals surface area contributed by atoms with E-state index in [2.05, 4.69) is 68.6 Å². The van der Waals surface area contributed by atoms with E-state index in [0.717, 1.165) is 12.5 Å². The van der Waals surface area contributed by atoms with Crippen molar-refractivity contribution in [3.63, 3.8) is 0 Å². The van der Waals surface area contributed by atoms with Crippen molar-refractivity contribution in [2.24, 2.45) is 5.92 Å². The first-order valence-electron chi connectivity index (χ1n) is 6.86. The maximum Gasteiger partial charge on any atom is 0.0208 e. The van der Waals surface area contributed by atoms with Crippen LogP contribution in [0.3, 0.4) is 0 Å². The smallest absolute Gasteiger partial charge is 0.0208 e. The highest BCUT2D eigenvalue weighted by atomic mass is 14.9. The first-order valence-corrected chi connectivity index (χ1v) is 6.86. The Morgan fingerprint density at radius 1 is 0.944 bits per heavy atom. The van der Waals surface area contributed by atoms with Crippen LogP contribution in [-0.4, -0.2) is 6.04 Å². The van der Waals surface area contributed by atoms with Gasteiger partial charge in [0.2, 0.25) is 0 Å². The van der Waals surface area contributed by atoms with E-state index in [0.29, 0.717) is 6.04 Å². The van der Waals surface area contributed by atoms with Gasteiger partial charge in [0.25, 0.3) is 0 Å². The van der Waals surface area contributed by atoms with E-state index in [4.69, 9.17) is 0 Å². The highest BCUT2D eigenvalue weighted by Crippen LogP contribution is 2.15. The van der Waals surface area contributed by atoms with Gasteiger partial charge in [-0.3, -0.25) is 0 Å². The summed E-state index contributed by atoms with van der Waals surface area (Å²) in [5.74, 6) is 0.754. The number of hydrogen-bond acceptors (Lipinski definition) is 1. The third kappa shape index (κ3) is 3.58. The Labute approximate surface area is 110 Å². The monoisotopic (exact) mass is 241 g/mol. The van der Waals surface area contributed by atoms with Gasteiger partial charge in [0, 0.05) is 12.6 Å². The minimum absolute atomic E-state index is 0.580. The molecule has 0 aromatic heterocycles. The Morgan fingerprint density at radius 3 is 2.39 bits per heavy atom. The Balaban J connectivity index is 1.99. The molecule has 0 heterocycles. The Kier molecular flexibility index (Phi) is 4.38. The molecule has 0 spiro atoms. The lowest BCUT2D eigenvalue weighted by atomic mass is 10.0. The molecule has 0 aliphatic rings. The quantitative estimate of drug-likeness (QED) is 0.820. The zero-order valence-electron chi connectivity index (χ0n) is 11.6. The van der Waals surface area contributed by atoms with Crippen molar-refractivity contribution in [2.45, 2.75) is 39.8 Å². The van der Waals surface area contributed by atoms with Crippen LogP contribution in [0.2, 0.25) is 0 Å². The van der Waals surface area contributed by atoms with Crippen molar-refractivity contribution < 1.29 is 0 Å². The van der Waals surface area contributed by atoms with Gasteiger partial charge in [-0.2, -0.15) is 0 Å². The van der Waals surface area contributed by atoms with Gasteiger partial charge in [0.15, 0.2) is 0 Å². The molecule has 96 valence electrons. The van der Waals surface area contributed by atoms with Crippen molar-refractivity contribution in [3.05, 3.63) is 48.0 Å². The lowest BCUT2D eigenvalue weighted by Gasteiger charge is -2.16. The summed E-state index contributed by atoms with van der Waals surface area (Å²) in [7, 11) is 0. The molecular formula is C17H23N. The molecule has 18 heavy (non-hydrogen) atoms. The lowest BCUT2D eigenvalue weighted by Crippen LogP contribution is -2.26. The topological polar surface area (TPSA) is 12.0 Å². The Bertz CT molecular complexity index is 502. The van der Waals surface area contributed by atoms with Crippen molar-refractivity contribution in [1.82, 2.24) is 5.32 Å². The van der Waals surface area contributed by atoms with Crippen molar-refractivity contribution in [2.75, 3.05) is 0 Å². The van der Waals surface area contributed by atoms with Gasteiger partial charge in [-0.15, -0.1) is 0 Å². The van der Waals surface area contributed by atoms with Crippen LogP contribution < -0.4 is 5.32 Å². The molecule has 0 aliphatic heterocycles. The second-order valence-electron chi connectivity index (χ2n) is 5.59. The van der Waals surface area contributed by atoms with Crippen molar-refractivity contribution in [1.29, 1.82) is 0 Å². The molecule has 0 fully saturated rings. The SMILES string of the molecule is CC(C)CC(C)NCc1ccc2ccccc2c1. The average Bonchev–Trinajstić information content (AvgIpc) is 2.35. The molecular weight excluding hydrogens is 218 g/mol. The van der Waals surface area contributed by atoms with Crippen LogP contribution in [0.1, 0.15) is 32.8 Å². The number of benzene rings is 2. The van der Waals surface area contributed by atoms with Crippen LogP contribution in [0.25, 0.3) is 10.8 Å². The third-order valence-corrected chi connectivity index (χ3v) is 3.29. The highest BCUT2D eigenvalue weighted by Gasteiger charge is 2.04. The molecule has 1 unspecified atom stereocenters. The first kappa shape index (κ1) is 13.1. The summed E-state index contributed by atoms with van der Waals surface area (Å²) in [4.78, 5) is 0. The average molecular weight is 241 g/mol. The van der Waals surface area contributed by atoms with Crippen molar-refractivity contribution in [3.8, 4) is 0 Å². The summed E-state index contributed by atoms with van der Waals surface area (Å²) in [6.07, 6.45) is 1.23. The van der Waals surface area contributed by atoms with Crippen LogP contribution in [0.15, 0.2) is 42.5 Å². The molecule has 2 rings (SSSR count). The van der Waals surface area contributed by atoms with Crippen LogP contribution in [0, 0.1) is 5.92 Å². The van der Waals surface area contributed by atoms with Gasteiger partial charge in [-0.1, -0.05) is 50.2 Å². The fourth-order valence-electron chi connectivity index (χ4n) is 2.43. The van der Waals surface area contributed by atoms with E-state index >= 15 is 0 Å². The maximum absolute atomic E-state index is 3.59. The van der Waals surface area contributed by atoms with Gasteiger partial charge >= 0.3 is 0 Å². The van der Waals surface area contributed by atoms with Gasteiger partial charge in [0.05, 0.1) is 0 Å². The number of fused-ring (bicyclic) bond motifs is 1. The largest absolute Gasteiger partial charge is 0.310 e. The predicted molar refractivity (Wildman–Crippen MR) is 79.7 cm³/mol. The first-order chi connectivity index (χ1) is 8.65. The predicted octanol–water partition coefficient (Wildman–Crippen LogP) is 4.36. The number of hydrogen-bond donors (Lipinski definition) is 1.